The highest BCUT2D eigenvalue weighted by molar-refractivity contribution is 5.92. The summed E-state index contributed by atoms with van der Waals surface area (Å²) in [7, 11) is 0. The van der Waals surface area contributed by atoms with Gasteiger partial charge in [-0.15, -0.1) is 0 Å². The van der Waals surface area contributed by atoms with E-state index in [9.17, 15) is 46.3 Å². The maximum atomic E-state index is 13.2. The number of carboxylic acids is 6. The molecular formula is C108H91F4N13O13. The fraction of sp³-hybridized carbons (Fsp3) is 0.111. The predicted molar refractivity (Wildman–Crippen MR) is 517 cm³/mol. The lowest BCUT2D eigenvalue weighted by Gasteiger charge is -2.28. The molecule has 0 spiro atoms. The van der Waals surface area contributed by atoms with Crippen LogP contribution in [0.3, 0.4) is 0 Å². The van der Waals surface area contributed by atoms with Gasteiger partial charge in [-0.3, -0.25) is 0 Å². The largest absolute Gasteiger partial charge is 0.478 e. The third kappa shape index (κ3) is 25.7. The van der Waals surface area contributed by atoms with Crippen LogP contribution in [0.2, 0.25) is 0 Å². The summed E-state index contributed by atoms with van der Waals surface area (Å²) in [5.74, 6) is -8.60. The zero-order valence-corrected chi connectivity index (χ0v) is 75.0. The van der Waals surface area contributed by atoms with Gasteiger partial charge >= 0.3 is 41.9 Å². The summed E-state index contributed by atoms with van der Waals surface area (Å²) >= 11 is 0. The van der Waals surface area contributed by atoms with Crippen molar-refractivity contribution in [3.05, 3.63) is 421 Å². The number of piperidine rings is 1. The third-order valence-electron chi connectivity index (χ3n) is 21.7. The summed E-state index contributed by atoms with van der Waals surface area (Å²) in [6.45, 7) is 9.91. The number of aromatic carboxylic acids is 6. The van der Waals surface area contributed by atoms with Crippen LogP contribution in [0.25, 0.3) is 102 Å². The fourth-order valence-corrected chi connectivity index (χ4v) is 14.5. The van der Waals surface area contributed by atoms with Crippen LogP contribution < -0.4 is 9.64 Å². The van der Waals surface area contributed by atoms with E-state index in [-0.39, 0.29) is 44.7 Å². The van der Waals surface area contributed by atoms with Crippen LogP contribution in [0.15, 0.2) is 365 Å². The van der Waals surface area contributed by atoms with Gasteiger partial charge in [0, 0.05) is 109 Å². The predicted octanol–water partition coefficient (Wildman–Crippen LogP) is 23.4. The summed E-state index contributed by atoms with van der Waals surface area (Å²) in [5, 5.41) is 81.1. The zero-order valence-electron chi connectivity index (χ0n) is 75.0. The van der Waals surface area contributed by atoms with E-state index >= 15 is 0 Å². The highest BCUT2D eigenvalue weighted by Gasteiger charge is 2.26. The Morgan fingerprint density at radius 1 is 0.290 bits per heavy atom. The highest BCUT2D eigenvalue weighted by Crippen LogP contribution is 2.33. The molecule has 18 aromatic rings. The Kier molecular flexibility index (Phi) is 30.4. The van der Waals surface area contributed by atoms with E-state index < -0.39 is 47.8 Å². The molecule has 1 aliphatic heterocycles. The van der Waals surface area contributed by atoms with Gasteiger partial charge in [0.2, 0.25) is 0 Å². The first-order valence-electron chi connectivity index (χ1n) is 43.3. The molecule has 1 fully saturated rings. The molecule has 6 N–H and O–H groups in total. The van der Waals surface area contributed by atoms with E-state index in [4.69, 9.17) is 30.6 Å². The molecule has 138 heavy (non-hydrogen) atoms. The Bertz CT molecular complexity index is 7180. The number of halogens is 4. The van der Waals surface area contributed by atoms with Crippen molar-refractivity contribution in [3.63, 3.8) is 0 Å². The van der Waals surface area contributed by atoms with Gasteiger partial charge in [-0.05, 0) is 234 Å². The van der Waals surface area contributed by atoms with E-state index in [2.05, 4.69) is 70.6 Å². The van der Waals surface area contributed by atoms with Crippen molar-refractivity contribution in [2.45, 2.75) is 65.9 Å². The first-order chi connectivity index (χ1) is 66.3. The zero-order chi connectivity index (χ0) is 97.7. The molecule has 0 saturated carbocycles. The quantitative estimate of drug-likeness (QED) is 0.0343. The number of rotatable bonds is 22. The summed E-state index contributed by atoms with van der Waals surface area (Å²) in [6, 6.07) is 94.0. The highest BCUT2D eigenvalue weighted by atomic mass is 19.3. The molecule has 694 valence electrons. The van der Waals surface area contributed by atoms with Gasteiger partial charge < -0.3 is 40.3 Å². The van der Waals surface area contributed by atoms with Gasteiger partial charge in [-0.25, -0.2) is 65.6 Å². The Labute approximate surface area is 789 Å². The number of alkyl halides is 4. The molecule has 0 unspecified atom stereocenters. The molecule has 0 aliphatic carbocycles. The average molecular weight is 1850 g/mol. The molecule has 0 radical (unpaired) electrons. The van der Waals surface area contributed by atoms with Crippen molar-refractivity contribution >= 4 is 41.5 Å². The number of aryl methyl sites for hydroxylation is 3. The van der Waals surface area contributed by atoms with Crippen molar-refractivity contribution in [1.82, 2.24) is 58.7 Å². The monoisotopic (exact) mass is 1850 g/mol. The minimum absolute atomic E-state index is 0.0557. The van der Waals surface area contributed by atoms with Crippen LogP contribution in [0, 0.1) is 20.8 Å². The van der Waals surface area contributed by atoms with Crippen LogP contribution in [0.5, 0.6) is 5.75 Å². The maximum absolute atomic E-state index is 13.2. The Morgan fingerprint density at radius 3 is 0.942 bits per heavy atom. The topological polar surface area (TPSA) is 343 Å². The third-order valence-corrected chi connectivity index (χ3v) is 21.7. The number of carbonyl (C=O) groups is 6. The van der Waals surface area contributed by atoms with Crippen molar-refractivity contribution in [3.8, 4) is 107 Å². The van der Waals surface area contributed by atoms with E-state index in [1.165, 1.54) is 90.2 Å². The average Bonchev–Trinajstić information content (AvgIpc) is 1.61. The fourth-order valence-electron chi connectivity index (χ4n) is 14.5. The Balaban J connectivity index is 0.000000132. The number of benzene rings is 12. The van der Waals surface area contributed by atoms with Gasteiger partial charge in [-0.2, -0.15) is 39.4 Å². The normalized spacial score (nSPS) is 11.6. The molecule has 1 aliphatic rings. The van der Waals surface area contributed by atoms with E-state index in [0.717, 1.165) is 93.2 Å². The molecule has 19 rings (SSSR count). The molecule has 0 amide bonds. The molecular weight excluding hydrogens is 1760 g/mol. The second kappa shape index (κ2) is 43.6. The molecule has 0 atom stereocenters. The molecule has 6 aromatic heterocycles. The van der Waals surface area contributed by atoms with Crippen LogP contribution in [-0.4, -0.2) is 144 Å². The van der Waals surface area contributed by atoms with Crippen molar-refractivity contribution in [2.24, 2.45) is 0 Å². The summed E-state index contributed by atoms with van der Waals surface area (Å²) in [4.78, 5) is 68.7. The van der Waals surface area contributed by atoms with Gasteiger partial charge in [0.1, 0.15) is 5.75 Å². The minimum atomic E-state index is -3.24. The number of anilines is 1. The van der Waals surface area contributed by atoms with E-state index in [1.807, 2.05) is 155 Å². The van der Waals surface area contributed by atoms with Crippen LogP contribution in [0.4, 0.5) is 23.2 Å². The lowest BCUT2D eigenvalue weighted by molar-refractivity contribution is -0.159. The van der Waals surface area contributed by atoms with Gasteiger partial charge in [0.25, 0.3) is 5.92 Å². The van der Waals surface area contributed by atoms with Crippen LogP contribution in [-0.2, 0) is 5.92 Å². The number of nitrogens with zero attached hydrogens (tertiary/aromatic N) is 13. The number of hydrogen-bond acceptors (Lipinski definition) is 14. The van der Waals surface area contributed by atoms with Crippen molar-refractivity contribution in [1.29, 1.82) is 0 Å². The number of hydrogen-bond donors (Lipinski definition) is 6. The number of carboxylic acid groups (broad SMARTS) is 6. The van der Waals surface area contributed by atoms with Crippen LogP contribution >= 0.6 is 0 Å². The second-order valence-electron chi connectivity index (χ2n) is 32.1. The lowest BCUT2D eigenvalue weighted by Crippen LogP contribution is -2.29. The summed E-state index contributed by atoms with van der Waals surface area (Å²) < 4.78 is 66.6. The molecule has 12 aromatic carbocycles. The Hall–Kier alpha value is -18.0. The van der Waals surface area contributed by atoms with E-state index in [1.54, 1.807) is 180 Å². The van der Waals surface area contributed by atoms with E-state index in [0.29, 0.717) is 35.2 Å². The van der Waals surface area contributed by atoms with Gasteiger partial charge in [0.15, 0.2) is 0 Å². The van der Waals surface area contributed by atoms with Crippen molar-refractivity contribution in [2.75, 3.05) is 18.0 Å². The summed E-state index contributed by atoms with van der Waals surface area (Å²) in [6.07, 6.45) is 13.2. The molecule has 7 heterocycles. The summed E-state index contributed by atoms with van der Waals surface area (Å²) in [5.41, 5.74) is 20.6. The lowest BCUT2D eigenvalue weighted by atomic mass is 10.1. The molecule has 26 nitrogen and oxygen atoms in total. The Morgan fingerprint density at radius 2 is 0.594 bits per heavy atom. The van der Waals surface area contributed by atoms with Gasteiger partial charge in [0.05, 0.1) is 102 Å². The number of ether oxygens (including phenoxy) is 1. The smallest absolute Gasteiger partial charge is 0.394 e. The SMILES string of the molecule is CC(F)(F)Oc1ccc(-c2ccn(-c3cccc(C(=O)O)c3)n2)cc1.CC(F)(F)c1ccc(-c2ccn(-c3cccc(C(=O)O)c3)n2)cc1.Cc1ccc(-c2ccn(-c3cccc(C(=O)O)c3)n2)cc1.Cc1ccc(-n2cc(-c3cccc(C(=O)O)c3)cn2)cc1.Cc1cccc(-c2ccn(-c3cccc(C(=O)O)c3)n2)c1.O=C(O)c1cccc(-n2ccc(-c3ccc(N4CCCCC4)cc3)n2)c1. The molecule has 30 heteroatoms. The molecule has 1 saturated heterocycles. The van der Waals surface area contributed by atoms with Crippen LogP contribution in [0.1, 0.15) is 118 Å². The molecule has 0 bridgehead atoms. The first-order valence-corrected chi connectivity index (χ1v) is 43.3. The minimum Gasteiger partial charge on any atom is -0.478 e. The van der Waals surface area contributed by atoms with Gasteiger partial charge in [-0.1, -0.05) is 150 Å². The number of aromatic nitrogens is 12. The first kappa shape index (κ1) is 96.1. The maximum Gasteiger partial charge on any atom is 0.394 e. The standard InChI is InChI=1S/C21H21N3O2.C18H14F2N2O3.C18H14F2N2O2.3C17H14N2O2/c25-21(26)17-5-4-6-19(15-17)24-14-11-20(22-24)16-7-9-18(10-8-16)23-12-2-1-3-13-23;1-18(19,20)25-15-7-5-12(6-8-15)16-9-10-22(21-16)14-4-2-3-13(11-14)17(23)24;1-18(19,20)14-7-5-12(6-8-14)16-9-10-22(21-16)15-4-2-3-13(11-15)17(23)24;1-12-4-2-5-13(10-12)16-8-9-19(18-16)15-7-3-6-14(11-15)17(20)21;1-12-5-7-16(8-6-12)19-11-15(10-18-19)13-3-2-4-14(9-13)17(20)21;1-12-5-7-13(8-6-12)16-9-10-19(18-16)15-4-2-3-14(11-15)17(20)21/h4-11,14-15H,1-3,12-13H2,(H,25,26);2-11H,1H3,(H,23,24);2-11H,1H3,(H,23,24);3*2-11H,1H3,(H,20,21). The van der Waals surface area contributed by atoms with Crippen molar-refractivity contribution < 1.29 is 81.7 Å². The second-order valence-corrected chi connectivity index (χ2v) is 32.1.